The molecular weight excluding hydrogens is 176 g/mol. The van der Waals surface area contributed by atoms with Crippen molar-refractivity contribution in [1.29, 1.82) is 0 Å². The quantitative estimate of drug-likeness (QED) is 0.666. The molecule has 0 aliphatic rings. The molecule has 1 atom stereocenters. The van der Waals surface area contributed by atoms with Crippen LogP contribution in [-0.2, 0) is 4.43 Å². The van der Waals surface area contributed by atoms with Crippen LogP contribution < -0.4 is 0 Å². The molecule has 0 aromatic heterocycles. The van der Waals surface area contributed by atoms with E-state index in [9.17, 15) is 0 Å². The van der Waals surface area contributed by atoms with Gasteiger partial charge in [-0.1, -0.05) is 49.0 Å². The normalized spacial score (nSPS) is 13.4. The van der Waals surface area contributed by atoms with Crippen LogP contribution in [0.25, 0.3) is 6.08 Å². The van der Waals surface area contributed by atoms with Crippen molar-refractivity contribution in [2.24, 2.45) is 0 Å². The van der Waals surface area contributed by atoms with Gasteiger partial charge in [0.25, 0.3) is 0 Å². The van der Waals surface area contributed by atoms with E-state index in [2.05, 4.69) is 43.0 Å². The van der Waals surface area contributed by atoms with Gasteiger partial charge in [-0.05, 0) is 11.6 Å². The van der Waals surface area contributed by atoms with Gasteiger partial charge in [0.1, 0.15) is 0 Å². The first-order chi connectivity index (χ1) is 6.36. The molecule has 0 bridgehead atoms. The largest absolute Gasteiger partial charge is 0.419 e. The maximum Gasteiger partial charge on any atom is 0.200 e. The van der Waals surface area contributed by atoms with Crippen molar-refractivity contribution in [3.63, 3.8) is 0 Å². The number of rotatable bonds is 4. The second-order valence-corrected chi connectivity index (χ2v) is 5.70. The Kier molecular flexibility index (Phi) is 4.50. The molecule has 0 radical (unpaired) electrons. The molecule has 0 fully saturated rings. The molecule has 13 heavy (non-hydrogen) atoms. The molecule has 1 aromatic carbocycles. The topological polar surface area (TPSA) is 9.23 Å². The lowest BCUT2D eigenvalue weighted by atomic mass is 10.2. The van der Waals surface area contributed by atoms with E-state index < -0.39 is 9.04 Å². The third kappa shape index (κ3) is 3.57. The third-order valence-corrected chi connectivity index (χ3v) is 4.04. The van der Waals surface area contributed by atoms with Gasteiger partial charge in [-0.2, -0.15) is 0 Å². The van der Waals surface area contributed by atoms with Crippen LogP contribution in [-0.4, -0.2) is 16.2 Å². The lowest BCUT2D eigenvalue weighted by Gasteiger charge is -2.03. The second-order valence-electron chi connectivity index (χ2n) is 2.95. The van der Waals surface area contributed by atoms with Crippen LogP contribution in [0.2, 0.25) is 6.04 Å². The van der Waals surface area contributed by atoms with E-state index in [1.807, 2.05) is 6.07 Å². The minimum absolute atomic E-state index is 1.04. The zero-order valence-corrected chi connectivity index (χ0v) is 9.39. The highest BCUT2D eigenvalue weighted by Gasteiger charge is 1.99. The monoisotopic (exact) mass is 192 g/mol. The predicted octanol–water partition coefficient (Wildman–Crippen LogP) is 2.63. The molecule has 1 aromatic rings. The highest BCUT2D eigenvalue weighted by Crippen LogP contribution is 2.03. The average Bonchev–Trinajstić information content (AvgIpc) is 2.21. The molecule has 70 valence electrons. The van der Waals surface area contributed by atoms with Crippen molar-refractivity contribution < 1.29 is 4.43 Å². The molecule has 0 amide bonds. The summed E-state index contributed by atoms with van der Waals surface area (Å²) in [6, 6.07) is 11.5. The fourth-order valence-corrected chi connectivity index (χ4v) is 2.36. The Bertz CT molecular complexity index is 252. The van der Waals surface area contributed by atoms with Crippen molar-refractivity contribution in [3.8, 4) is 0 Å². The maximum absolute atomic E-state index is 5.37. The first-order valence-electron chi connectivity index (χ1n) is 4.63. The summed E-state index contributed by atoms with van der Waals surface area (Å²) in [5.41, 5.74) is 3.49. The van der Waals surface area contributed by atoms with Crippen molar-refractivity contribution in [2.45, 2.75) is 13.0 Å². The highest BCUT2D eigenvalue weighted by atomic mass is 28.3. The molecule has 0 aliphatic carbocycles. The number of hydrogen-bond acceptors (Lipinski definition) is 1. The summed E-state index contributed by atoms with van der Waals surface area (Å²) >= 11 is 0. The van der Waals surface area contributed by atoms with Crippen LogP contribution in [0.15, 0.2) is 36.0 Å². The maximum atomic E-state index is 5.37. The Hall–Kier alpha value is -0.863. The average molecular weight is 192 g/mol. The Morgan fingerprint density at radius 1 is 1.31 bits per heavy atom. The molecule has 0 N–H and O–H groups in total. The zero-order chi connectivity index (χ0) is 9.52. The van der Waals surface area contributed by atoms with E-state index in [1.54, 1.807) is 7.11 Å². The highest BCUT2D eigenvalue weighted by molar-refractivity contribution is 6.58. The van der Waals surface area contributed by atoms with Gasteiger partial charge in [0.2, 0.25) is 0 Å². The van der Waals surface area contributed by atoms with Gasteiger partial charge in [-0.25, -0.2) is 0 Å². The standard InChI is InChI=1S/C11H16OSi/c1-3-13(12-2)10-9-11-7-5-4-6-8-11/h4-10,13H,3H2,1-2H3. The van der Waals surface area contributed by atoms with Crippen LogP contribution in [0.1, 0.15) is 12.5 Å². The molecule has 0 spiro atoms. The van der Waals surface area contributed by atoms with Gasteiger partial charge in [0, 0.05) is 7.11 Å². The first-order valence-corrected chi connectivity index (χ1v) is 6.58. The Morgan fingerprint density at radius 2 is 2.00 bits per heavy atom. The Labute approximate surface area is 81.8 Å². The van der Waals surface area contributed by atoms with Crippen molar-refractivity contribution >= 4 is 15.1 Å². The van der Waals surface area contributed by atoms with E-state index in [4.69, 9.17) is 4.43 Å². The summed E-state index contributed by atoms with van der Waals surface area (Å²) < 4.78 is 5.37. The SMILES string of the molecule is CC[SiH](C=Cc1ccccc1)OC. The smallest absolute Gasteiger partial charge is 0.200 e. The van der Waals surface area contributed by atoms with Crippen LogP contribution >= 0.6 is 0 Å². The van der Waals surface area contributed by atoms with E-state index in [-0.39, 0.29) is 0 Å². The van der Waals surface area contributed by atoms with Gasteiger partial charge in [0.05, 0.1) is 0 Å². The van der Waals surface area contributed by atoms with Crippen molar-refractivity contribution in [2.75, 3.05) is 7.11 Å². The van der Waals surface area contributed by atoms with Crippen molar-refractivity contribution in [3.05, 3.63) is 41.6 Å². The molecule has 2 heteroatoms. The summed E-state index contributed by atoms with van der Waals surface area (Å²) in [6.45, 7) is 2.18. The molecule has 1 rings (SSSR count). The number of benzene rings is 1. The lowest BCUT2D eigenvalue weighted by Crippen LogP contribution is -2.09. The van der Waals surface area contributed by atoms with Crippen LogP contribution in [0.3, 0.4) is 0 Å². The fraction of sp³-hybridized carbons (Fsp3) is 0.273. The third-order valence-electron chi connectivity index (χ3n) is 2.01. The van der Waals surface area contributed by atoms with Gasteiger partial charge in [-0.15, -0.1) is 0 Å². The fourth-order valence-electron chi connectivity index (χ4n) is 1.16. The summed E-state index contributed by atoms with van der Waals surface area (Å²) in [4.78, 5) is 0. The van der Waals surface area contributed by atoms with Crippen LogP contribution in [0, 0.1) is 0 Å². The lowest BCUT2D eigenvalue weighted by molar-refractivity contribution is 0.429. The van der Waals surface area contributed by atoms with E-state index in [0.717, 1.165) is 6.04 Å². The summed E-state index contributed by atoms with van der Waals surface area (Å²) in [5, 5.41) is 0. The van der Waals surface area contributed by atoms with E-state index in [0.29, 0.717) is 0 Å². The molecule has 1 unspecified atom stereocenters. The van der Waals surface area contributed by atoms with E-state index >= 15 is 0 Å². The second kappa shape index (κ2) is 5.73. The van der Waals surface area contributed by atoms with Gasteiger partial charge in [-0.3, -0.25) is 0 Å². The molecule has 0 saturated carbocycles. The molecule has 0 saturated heterocycles. The van der Waals surface area contributed by atoms with Gasteiger partial charge >= 0.3 is 0 Å². The zero-order valence-electron chi connectivity index (χ0n) is 8.23. The summed E-state index contributed by atoms with van der Waals surface area (Å²) in [6.07, 6.45) is 2.16. The van der Waals surface area contributed by atoms with E-state index in [1.165, 1.54) is 5.56 Å². The minimum Gasteiger partial charge on any atom is -0.419 e. The molecular formula is C11H16OSi. The van der Waals surface area contributed by atoms with Gasteiger partial charge in [0.15, 0.2) is 9.04 Å². The van der Waals surface area contributed by atoms with Crippen LogP contribution in [0.5, 0.6) is 0 Å². The summed E-state index contributed by atoms with van der Waals surface area (Å²) in [7, 11) is 0.759. The van der Waals surface area contributed by atoms with Crippen LogP contribution in [0.4, 0.5) is 0 Å². The predicted molar refractivity (Wildman–Crippen MR) is 60.1 cm³/mol. The first kappa shape index (κ1) is 10.2. The van der Waals surface area contributed by atoms with Crippen molar-refractivity contribution in [1.82, 2.24) is 0 Å². The Balaban J connectivity index is 2.57. The minimum atomic E-state index is -1.04. The summed E-state index contributed by atoms with van der Waals surface area (Å²) in [5.74, 6) is 0. The molecule has 1 nitrogen and oxygen atoms in total. The van der Waals surface area contributed by atoms with Gasteiger partial charge < -0.3 is 4.43 Å². The molecule has 0 aliphatic heterocycles. The molecule has 0 heterocycles. The number of hydrogen-bond donors (Lipinski definition) is 0. The Morgan fingerprint density at radius 3 is 2.54 bits per heavy atom.